The zero-order chi connectivity index (χ0) is 15.7. The summed E-state index contributed by atoms with van der Waals surface area (Å²) in [4.78, 5) is 39.4. The van der Waals surface area contributed by atoms with Crippen LogP contribution in [0.5, 0.6) is 0 Å². The van der Waals surface area contributed by atoms with Crippen LogP contribution < -0.4 is 11.0 Å². The third-order valence-corrected chi connectivity index (χ3v) is 4.07. The molecule has 8 heteroatoms. The first-order chi connectivity index (χ1) is 9.79. The Labute approximate surface area is 127 Å². The maximum atomic E-state index is 12.1. The SMILES string of the molecule is CC(C(=O)O)C(C)C(=O)Nc1cc2[nH]c(=O)[nH]c2cc1Br. The number of aromatic amines is 2. The lowest BCUT2D eigenvalue weighted by molar-refractivity contribution is -0.145. The van der Waals surface area contributed by atoms with E-state index in [-0.39, 0.29) is 5.69 Å². The zero-order valence-electron chi connectivity index (χ0n) is 11.4. The number of fused-ring (bicyclic) bond motifs is 1. The van der Waals surface area contributed by atoms with Gasteiger partial charge in [0.25, 0.3) is 0 Å². The summed E-state index contributed by atoms with van der Waals surface area (Å²) < 4.78 is 0.591. The summed E-state index contributed by atoms with van der Waals surface area (Å²) in [6.45, 7) is 3.03. The van der Waals surface area contributed by atoms with E-state index in [0.29, 0.717) is 21.2 Å². The van der Waals surface area contributed by atoms with Crippen LogP contribution in [0, 0.1) is 11.8 Å². The molecule has 0 spiro atoms. The molecule has 21 heavy (non-hydrogen) atoms. The molecule has 0 aliphatic heterocycles. The fraction of sp³-hybridized carbons (Fsp3) is 0.308. The molecule has 1 amide bonds. The zero-order valence-corrected chi connectivity index (χ0v) is 12.9. The van der Waals surface area contributed by atoms with Crippen molar-refractivity contribution < 1.29 is 14.7 Å². The number of carboxylic acid groups (broad SMARTS) is 1. The number of rotatable bonds is 4. The van der Waals surface area contributed by atoms with Gasteiger partial charge in [0, 0.05) is 10.4 Å². The number of H-pyrrole nitrogens is 2. The minimum absolute atomic E-state index is 0.340. The molecule has 1 heterocycles. The van der Waals surface area contributed by atoms with Gasteiger partial charge in [0.1, 0.15) is 0 Å². The van der Waals surface area contributed by atoms with Crippen molar-refractivity contribution in [2.75, 3.05) is 5.32 Å². The number of halogens is 1. The Morgan fingerprint density at radius 3 is 2.33 bits per heavy atom. The fourth-order valence-corrected chi connectivity index (χ4v) is 2.28. The van der Waals surface area contributed by atoms with Crippen molar-refractivity contribution in [3.8, 4) is 0 Å². The summed E-state index contributed by atoms with van der Waals surface area (Å²) in [5, 5.41) is 11.6. The predicted molar refractivity (Wildman–Crippen MR) is 81.2 cm³/mol. The fourth-order valence-electron chi connectivity index (χ4n) is 1.84. The summed E-state index contributed by atoms with van der Waals surface area (Å²) in [7, 11) is 0. The van der Waals surface area contributed by atoms with Gasteiger partial charge in [0.05, 0.1) is 22.6 Å². The number of carboxylic acids is 1. The number of aliphatic carboxylic acids is 1. The van der Waals surface area contributed by atoms with E-state index in [1.54, 1.807) is 19.1 Å². The van der Waals surface area contributed by atoms with E-state index >= 15 is 0 Å². The molecule has 2 aromatic rings. The van der Waals surface area contributed by atoms with Crippen LogP contribution in [0.2, 0.25) is 0 Å². The standard InChI is InChI=1S/C13H14BrN3O4/c1-5(6(2)12(19)20)11(18)15-8-4-10-9(3-7(8)14)16-13(21)17-10/h3-6H,1-2H3,(H,15,18)(H,19,20)(H2,16,17,21). The van der Waals surface area contributed by atoms with Crippen LogP contribution in [0.4, 0.5) is 5.69 Å². The second-order valence-corrected chi connectivity index (χ2v) is 5.72. The van der Waals surface area contributed by atoms with Crippen molar-refractivity contribution in [2.45, 2.75) is 13.8 Å². The molecule has 0 saturated carbocycles. The molecule has 2 atom stereocenters. The molecule has 0 radical (unpaired) electrons. The summed E-state index contributed by atoms with van der Waals surface area (Å²) in [6.07, 6.45) is 0. The van der Waals surface area contributed by atoms with Crippen LogP contribution in [-0.2, 0) is 9.59 Å². The highest BCUT2D eigenvalue weighted by Crippen LogP contribution is 2.27. The minimum atomic E-state index is -1.03. The van der Waals surface area contributed by atoms with Crippen molar-refractivity contribution in [3.05, 3.63) is 27.1 Å². The second kappa shape index (κ2) is 5.72. The molecule has 0 bridgehead atoms. The van der Waals surface area contributed by atoms with Gasteiger partial charge in [-0.2, -0.15) is 0 Å². The molecule has 1 aromatic heterocycles. The van der Waals surface area contributed by atoms with E-state index in [4.69, 9.17) is 5.11 Å². The smallest absolute Gasteiger partial charge is 0.323 e. The number of carbonyl (C=O) groups is 2. The topological polar surface area (TPSA) is 115 Å². The third kappa shape index (κ3) is 3.15. The lowest BCUT2D eigenvalue weighted by Gasteiger charge is -2.16. The highest BCUT2D eigenvalue weighted by atomic mass is 79.9. The average Bonchev–Trinajstić information content (AvgIpc) is 2.76. The molecule has 7 nitrogen and oxygen atoms in total. The summed E-state index contributed by atoms with van der Waals surface area (Å²) >= 11 is 3.30. The maximum Gasteiger partial charge on any atom is 0.323 e. The van der Waals surface area contributed by atoms with Gasteiger partial charge in [-0.3, -0.25) is 9.59 Å². The Morgan fingerprint density at radius 1 is 1.19 bits per heavy atom. The van der Waals surface area contributed by atoms with Crippen LogP contribution in [0.25, 0.3) is 11.0 Å². The molecule has 2 rings (SSSR count). The number of nitrogens with one attached hydrogen (secondary N) is 3. The molecule has 112 valence electrons. The van der Waals surface area contributed by atoms with E-state index in [1.807, 2.05) is 0 Å². The summed E-state index contributed by atoms with van der Waals surface area (Å²) in [5.41, 5.74) is 1.29. The predicted octanol–water partition coefficient (Wildman–Crippen LogP) is 1.91. The number of benzene rings is 1. The Kier molecular flexibility index (Phi) is 4.17. The monoisotopic (exact) mass is 355 g/mol. The number of imidazole rings is 1. The molecule has 2 unspecified atom stereocenters. The normalized spacial score (nSPS) is 13.9. The van der Waals surface area contributed by atoms with Gasteiger partial charge in [-0.15, -0.1) is 0 Å². The molecule has 0 aliphatic rings. The Bertz CT molecular complexity index is 764. The highest BCUT2D eigenvalue weighted by molar-refractivity contribution is 9.10. The number of aromatic nitrogens is 2. The number of amides is 1. The molecular weight excluding hydrogens is 342 g/mol. The van der Waals surface area contributed by atoms with Gasteiger partial charge < -0.3 is 20.4 Å². The van der Waals surface area contributed by atoms with E-state index in [9.17, 15) is 14.4 Å². The number of anilines is 1. The minimum Gasteiger partial charge on any atom is -0.481 e. The van der Waals surface area contributed by atoms with Crippen LogP contribution in [-0.4, -0.2) is 27.0 Å². The van der Waals surface area contributed by atoms with E-state index < -0.39 is 23.7 Å². The third-order valence-electron chi connectivity index (χ3n) is 3.41. The molecule has 0 saturated heterocycles. The maximum absolute atomic E-state index is 12.1. The summed E-state index contributed by atoms with van der Waals surface area (Å²) in [5.74, 6) is -2.90. The highest BCUT2D eigenvalue weighted by Gasteiger charge is 2.26. The van der Waals surface area contributed by atoms with Gasteiger partial charge in [-0.1, -0.05) is 13.8 Å². The molecule has 1 aromatic carbocycles. The molecule has 0 aliphatic carbocycles. The van der Waals surface area contributed by atoms with Crippen molar-refractivity contribution >= 4 is 44.5 Å². The Morgan fingerprint density at radius 2 is 1.76 bits per heavy atom. The quantitative estimate of drug-likeness (QED) is 0.670. The van der Waals surface area contributed by atoms with E-state index in [1.165, 1.54) is 6.92 Å². The molecule has 0 fully saturated rings. The van der Waals surface area contributed by atoms with Crippen LogP contribution in [0.3, 0.4) is 0 Å². The lowest BCUT2D eigenvalue weighted by atomic mass is 9.95. The summed E-state index contributed by atoms with van der Waals surface area (Å²) in [6, 6.07) is 3.27. The second-order valence-electron chi connectivity index (χ2n) is 4.86. The van der Waals surface area contributed by atoms with Crippen LogP contribution in [0.1, 0.15) is 13.8 Å². The first-order valence-electron chi connectivity index (χ1n) is 6.25. The first kappa shape index (κ1) is 15.3. The number of hydrogen-bond acceptors (Lipinski definition) is 3. The largest absolute Gasteiger partial charge is 0.481 e. The van der Waals surface area contributed by atoms with Crippen LogP contribution >= 0.6 is 15.9 Å². The lowest BCUT2D eigenvalue weighted by Crippen LogP contribution is -2.30. The first-order valence-corrected chi connectivity index (χ1v) is 7.04. The number of carbonyl (C=O) groups excluding carboxylic acids is 1. The van der Waals surface area contributed by atoms with E-state index in [0.717, 1.165) is 0 Å². The van der Waals surface area contributed by atoms with Gasteiger partial charge in [-0.25, -0.2) is 4.79 Å². The van der Waals surface area contributed by atoms with Crippen molar-refractivity contribution in [1.29, 1.82) is 0 Å². The Balaban J connectivity index is 2.26. The number of hydrogen-bond donors (Lipinski definition) is 4. The van der Waals surface area contributed by atoms with Crippen molar-refractivity contribution in [1.82, 2.24) is 9.97 Å². The van der Waals surface area contributed by atoms with Gasteiger partial charge in [-0.05, 0) is 28.1 Å². The Hall–Kier alpha value is -2.09. The average molecular weight is 356 g/mol. The van der Waals surface area contributed by atoms with Gasteiger partial charge in [0.15, 0.2) is 0 Å². The van der Waals surface area contributed by atoms with Crippen molar-refractivity contribution in [2.24, 2.45) is 11.8 Å². The van der Waals surface area contributed by atoms with Gasteiger partial charge in [0.2, 0.25) is 5.91 Å². The van der Waals surface area contributed by atoms with Gasteiger partial charge >= 0.3 is 11.7 Å². The van der Waals surface area contributed by atoms with Crippen molar-refractivity contribution in [3.63, 3.8) is 0 Å². The molecular formula is C13H14BrN3O4. The van der Waals surface area contributed by atoms with Crippen LogP contribution in [0.15, 0.2) is 21.4 Å². The molecule has 4 N–H and O–H groups in total. The van der Waals surface area contributed by atoms with E-state index in [2.05, 4.69) is 31.2 Å².